The second-order valence-electron chi connectivity index (χ2n) is 5.27. The summed E-state index contributed by atoms with van der Waals surface area (Å²) < 4.78 is 5.75. The molecule has 2 fully saturated rings. The third-order valence-corrected chi connectivity index (χ3v) is 4.48. The minimum atomic E-state index is -0.855. The lowest BCUT2D eigenvalue weighted by Crippen LogP contribution is -2.55. The van der Waals surface area contributed by atoms with Gasteiger partial charge in [-0.15, -0.1) is 0 Å². The maximum atomic E-state index is 12.3. The van der Waals surface area contributed by atoms with Crippen molar-refractivity contribution in [1.82, 2.24) is 15.1 Å². The number of urea groups is 1. The molecule has 1 aromatic rings. The first kappa shape index (κ1) is 14.1. The van der Waals surface area contributed by atoms with E-state index < -0.39 is 5.54 Å². The van der Waals surface area contributed by atoms with Gasteiger partial charge in [-0.25, -0.2) is 4.79 Å². The number of hydrogen-bond acceptors (Lipinski definition) is 4. The highest BCUT2D eigenvalue weighted by atomic mass is 79.9. The fourth-order valence-electron chi connectivity index (χ4n) is 2.77. The summed E-state index contributed by atoms with van der Waals surface area (Å²) in [5.41, 5.74) is -0.855. The van der Waals surface area contributed by atoms with Crippen molar-refractivity contribution in [3.05, 3.63) is 22.6 Å². The Morgan fingerprint density at radius 3 is 2.48 bits per heavy atom. The summed E-state index contributed by atoms with van der Waals surface area (Å²) in [6.07, 6.45) is 0.824. The van der Waals surface area contributed by atoms with E-state index in [1.807, 2.05) is 0 Å². The standard InChI is InChI=1S/C13H14BrN3O4/c1-16-11(19)13(15-12(16)20)4-6-17(7-5-13)10(18)8-2-3-9(14)21-8/h2-3H,4-7H2,1H3,(H,15,20). The Morgan fingerprint density at radius 2 is 2.00 bits per heavy atom. The average molecular weight is 356 g/mol. The van der Waals surface area contributed by atoms with Crippen LogP contribution in [0.4, 0.5) is 4.79 Å². The minimum absolute atomic E-state index is 0.208. The maximum absolute atomic E-state index is 12.3. The summed E-state index contributed by atoms with van der Waals surface area (Å²) in [7, 11) is 1.46. The minimum Gasteiger partial charge on any atom is -0.444 e. The van der Waals surface area contributed by atoms with Gasteiger partial charge in [0.05, 0.1) is 0 Å². The summed E-state index contributed by atoms with van der Waals surface area (Å²) in [6, 6.07) is 2.89. The number of likely N-dealkylation sites (tertiary alicyclic amines) is 1. The fraction of sp³-hybridized carbons (Fsp3) is 0.462. The van der Waals surface area contributed by atoms with Gasteiger partial charge in [-0.3, -0.25) is 14.5 Å². The van der Waals surface area contributed by atoms with Crippen LogP contribution >= 0.6 is 15.9 Å². The average Bonchev–Trinajstić information content (AvgIpc) is 2.99. The molecule has 0 aliphatic carbocycles. The zero-order valence-electron chi connectivity index (χ0n) is 11.4. The Bertz CT molecular complexity index is 619. The highest BCUT2D eigenvalue weighted by Crippen LogP contribution is 2.29. The van der Waals surface area contributed by atoms with Crippen LogP contribution in [0.15, 0.2) is 21.2 Å². The van der Waals surface area contributed by atoms with E-state index in [4.69, 9.17) is 4.42 Å². The third-order valence-electron chi connectivity index (χ3n) is 4.05. The van der Waals surface area contributed by atoms with Crippen LogP contribution in [-0.2, 0) is 4.79 Å². The van der Waals surface area contributed by atoms with Crippen molar-refractivity contribution in [2.75, 3.05) is 20.1 Å². The molecule has 21 heavy (non-hydrogen) atoms. The van der Waals surface area contributed by atoms with Gasteiger partial charge >= 0.3 is 6.03 Å². The van der Waals surface area contributed by atoms with Gasteiger partial charge in [0.2, 0.25) is 0 Å². The number of furan rings is 1. The number of imide groups is 1. The summed E-state index contributed by atoms with van der Waals surface area (Å²) in [5, 5.41) is 2.74. The summed E-state index contributed by atoms with van der Waals surface area (Å²) in [4.78, 5) is 38.7. The van der Waals surface area contributed by atoms with Crippen LogP contribution in [0.5, 0.6) is 0 Å². The van der Waals surface area contributed by atoms with Crippen LogP contribution in [0.1, 0.15) is 23.4 Å². The van der Waals surface area contributed by atoms with Gasteiger partial charge in [0.15, 0.2) is 10.4 Å². The topological polar surface area (TPSA) is 82.9 Å². The maximum Gasteiger partial charge on any atom is 0.324 e. The van der Waals surface area contributed by atoms with Gasteiger partial charge in [0.25, 0.3) is 11.8 Å². The molecular formula is C13H14BrN3O4. The summed E-state index contributed by atoms with van der Waals surface area (Å²) in [6.45, 7) is 0.800. The molecule has 0 unspecified atom stereocenters. The quantitative estimate of drug-likeness (QED) is 0.767. The fourth-order valence-corrected chi connectivity index (χ4v) is 3.08. The van der Waals surface area contributed by atoms with E-state index in [2.05, 4.69) is 21.2 Å². The number of halogens is 1. The Morgan fingerprint density at radius 1 is 1.33 bits per heavy atom. The third kappa shape index (κ3) is 2.23. The molecule has 8 heteroatoms. The first-order valence-electron chi connectivity index (χ1n) is 6.58. The van der Waals surface area contributed by atoms with E-state index in [1.54, 1.807) is 17.0 Å². The SMILES string of the molecule is CN1C(=O)NC2(CCN(C(=O)c3ccc(Br)o3)CC2)C1=O. The second-order valence-corrected chi connectivity index (χ2v) is 6.05. The number of piperidine rings is 1. The van der Waals surface area contributed by atoms with Gasteiger partial charge in [-0.05, 0) is 40.9 Å². The number of rotatable bonds is 1. The highest BCUT2D eigenvalue weighted by Gasteiger charge is 2.51. The first-order valence-corrected chi connectivity index (χ1v) is 7.37. The number of nitrogens with one attached hydrogen (secondary N) is 1. The van der Waals surface area contributed by atoms with Gasteiger partial charge in [0, 0.05) is 20.1 Å². The lowest BCUT2D eigenvalue weighted by Gasteiger charge is -2.36. The Balaban J connectivity index is 1.70. The first-order chi connectivity index (χ1) is 9.93. The van der Waals surface area contributed by atoms with Crippen LogP contribution in [0, 0.1) is 0 Å². The largest absolute Gasteiger partial charge is 0.444 e. The van der Waals surface area contributed by atoms with Gasteiger partial charge in [-0.2, -0.15) is 0 Å². The monoisotopic (exact) mass is 355 g/mol. The van der Waals surface area contributed by atoms with Crippen molar-refractivity contribution in [3.63, 3.8) is 0 Å². The van der Waals surface area contributed by atoms with E-state index in [0.717, 1.165) is 4.90 Å². The highest BCUT2D eigenvalue weighted by molar-refractivity contribution is 9.10. The molecule has 112 valence electrons. The molecule has 2 aliphatic heterocycles. The molecule has 0 aromatic carbocycles. The summed E-state index contributed by atoms with van der Waals surface area (Å²) >= 11 is 3.16. The molecule has 7 nitrogen and oxygen atoms in total. The van der Waals surface area contributed by atoms with Crippen LogP contribution in [0.3, 0.4) is 0 Å². The Hall–Kier alpha value is -1.83. The van der Waals surface area contributed by atoms with Crippen molar-refractivity contribution >= 4 is 33.8 Å². The molecule has 3 rings (SSSR count). The summed E-state index contributed by atoms with van der Waals surface area (Å²) in [5.74, 6) is -0.169. The van der Waals surface area contributed by atoms with E-state index in [0.29, 0.717) is 30.6 Å². The van der Waals surface area contributed by atoms with Crippen molar-refractivity contribution < 1.29 is 18.8 Å². The van der Waals surface area contributed by atoms with Crippen molar-refractivity contribution in [1.29, 1.82) is 0 Å². The van der Waals surface area contributed by atoms with E-state index >= 15 is 0 Å². The number of nitrogens with zero attached hydrogens (tertiary/aromatic N) is 2. The predicted octanol–water partition coefficient (Wildman–Crippen LogP) is 1.20. The molecule has 1 aromatic heterocycles. The molecule has 0 radical (unpaired) electrons. The van der Waals surface area contributed by atoms with E-state index in [1.165, 1.54) is 7.05 Å². The Labute approximate surface area is 129 Å². The smallest absolute Gasteiger partial charge is 0.324 e. The molecule has 0 saturated carbocycles. The molecule has 2 aliphatic rings. The zero-order chi connectivity index (χ0) is 15.2. The molecule has 4 amide bonds. The molecule has 2 saturated heterocycles. The van der Waals surface area contributed by atoms with E-state index in [-0.39, 0.29) is 23.6 Å². The zero-order valence-corrected chi connectivity index (χ0v) is 13.0. The van der Waals surface area contributed by atoms with Gasteiger partial charge < -0.3 is 14.6 Å². The van der Waals surface area contributed by atoms with Gasteiger partial charge in [0.1, 0.15) is 5.54 Å². The molecule has 3 heterocycles. The molecule has 1 N–H and O–H groups in total. The Kier molecular flexibility index (Phi) is 3.27. The lowest BCUT2D eigenvalue weighted by atomic mass is 9.87. The van der Waals surface area contributed by atoms with Crippen molar-refractivity contribution in [2.24, 2.45) is 0 Å². The second kappa shape index (κ2) is 4.87. The number of hydrogen-bond donors (Lipinski definition) is 1. The van der Waals surface area contributed by atoms with Crippen LogP contribution in [-0.4, -0.2) is 53.3 Å². The van der Waals surface area contributed by atoms with Crippen LogP contribution < -0.4 is 5.32 Å². The number of carbonyl (C=O) groups is 3. The van der Waals surface area contributed by atoms with Crippen LogP contribution in [0.2, 0.25) is 0 Å². The predicted molar refractivity (Wildman–Crippen MR) is 75.6 cm³/mol. The van der Waals surface area contributed by atoms with Crippen molar-refractivity contribution in [2.45, 2.75) is 18.4 Å². The van der Waals surface area contributed by atoms with Gasteiger partial charge in [-0.1, -0.05) is 0 Å². The van der Waals surface area contributed by atoms with Crippen molar-refractivity contribution in [3.8, 4) is 0 Å². The van der Waals surface area contributed by atoms with Crippen LogP contribution in [0.25, 0.3) is 0 Å². The molecule has 0 bridgehead atoms. The number of likely N-dealkylation sites (N-methyl/N-ethyl adjacent to an activating group) is 1. The molecular weight excluding hydrogens is 342 g/mol. The molecule has 0 atom stereocenters. The number of carbonyl (C=O) groups excluding carboxylic acids is 3. The normalized spacial score (nSPS) is 21.0. The number of amides is 4. The van der Waals surface area contributed by atoms with E-state index in [9.17, 15) is 14.4 Å². The molecule has 1 spiro atoms. The lowest BCUT2D eigenvalue weighted by molar-refractivity contribution is -0.131.